The smallest absolute Gasteiger partial charge is 0.0479 e. The van der Waals surface area contributed by atoms with Crippen molar-refractivity contribution in [3.8, 4) is 12.3 Å². The lowest BCUT2D eigenvalue weighted by Gasteiger charge is -2.47. The Bertz CT molecular complexity index is 490. The Morgan fingerprint density at radius 1 is 1.29 bits per heavy atom. The van der Waals surface area contributed by atoms with Crippen molar-refractivity contribution in [2.75, 3.05) is 19.6 Å². The molecular weight excluding hydrogens is 256 g/mol. The van der Waals surface area contributed by atoms with Crippen LogP contribution in [0.4, 0.5) is 0 Å². The average Bonchev–Trinajstić information content (AvgIpc) is 2.99. The number of fused-ring (bicyclic) bond motifs is 1. The third-order valence-electron chi connectivity index (χ3n) is 5.21. The van der Waals surface area contributed by atoms with Gasteiger partial charge < -0.3 is 0 Å². The molecule has 21 heavy (non-hydrogen) atoms. The van der Waals surface area contributed by atoms with Crippen LogP contribution in [0.5, 0.6) is 0 Å². The molecule has 0 aliphatic carbocycles. The highest BCUT2D eigenvalue weighted by Crippen LogP contribution is 2.35. The molecule has 0 radical (unpaired) electrons. The van der Waals surface area contributed by atoms with Crippen LogP contribution in [-0.2, 0) is 0 Å². The molecule has 2 saturated heterocycles. The predicted molar refractivity (Wildman–Crippen MR) is 88.0 cm³/mol. The van der Waals surface area contributed by atoms with Gasteiger partial charge in [0.1, 0.15) is 0 Å². The van der Waals surface area contributed by atoms with Crippen LogP contribution < -0.4 is 0 Å². The van der Waals surface area contributed by atoms with Crippen LogP contribution in [-0.4, -0.2) is 41.5 Å². The van der Waals surface area contributed by atoms with E-state index in [-0.39, 0.29) is 0 Å². The lowest BCUT2D eigenvalue weighted by molar-refractivity contribution is 0.0189. The van der Waals surface area contributed by atoms with Crippen molar-refractivity contribution in [3.05, 3.63) is 35.9 Å². The highest BCUT2D eigenvalue weighted by atomic mass is 15.3. The van der Waals surface area contributed by atoms with Gasteiger partial charge in [0.05, 0.1) is 0 Å². The van der Waals surface area contributed by atoms with Gasteiger partial charge in [-0.15, -0.1) is 12.3 Å². The molecule has 0 amide bonds. The Kier molecular flexibility index (Phi) is 4.63. The Morgan fingerprint density at radius 3 is 2.81 bits per heavy atom. The molecule has 3 unspecified atom stereocenters. The van der Waals surface area contributed by atoms with E-state index in [4.69, 9.17) is 6.42 Å². The van der Waals surface area contributed by atoms with Gasteiger partial charge in [0.25, 0.3) is 0 Å². The Morgan fingerprint density at radius 2 is 2.10 bits per heavy atom. The van der Waals surface area contributed by atoms with Gasteiger partial charge in [-0.05, 0) is 31.4 Å². The van der Waals surface area contributed by atoms with Crippen molar-refractivity contribution >= 4 is 0 Å². The number of terminal acetylenes is 1. The third kappa shape index (κ3) is 3.00. The molecule has 0 bridgehead atoms. The fraction of sp³-hybridized carbons (Fsp3) is 0.579. The second kappa shape index (κ2) is 6.64. The predicted octanol–water partition coefficient (Wildman–Crippen LogP) is 3.31. The molecule has 3 atom stereocenters. The number of piperazine rings is 1. The van der Waals surface area contributed by atoms with Gasteiger partial charge in [-0.2, -0.15) is 0 Å². The topological polar surface area (TPSA) is 6.48 Å². The summed E-state index contributed by atoms with van der Waals surface area (Å²) < 4.78 is 0. The lowest BCUT2D eigenvalue weighted by Crippen LogP contribution is -2.54. The van der Waals surface area contributed by atoms with Crippen molar-refractivity contribution in [1.29, 1.82) is 0 Å². The minimum absolute atomic E-state index is 0.499. The zero-order chi connectivity index (χ0) is 14.7. The Labute approximate surface area is 129 Å². The molecule has 2 heteroatoms. The van der Waals surface area contributed by atoms with E-state index in [0.29, 0.717) is 12.1 Å². The van der Waals surface area contributed by atoms with Crippen molar-refractivity contribution in [2.45, 2.75) is 50.7 Å². The van der Waals surface area contributed by atoms with Gasteiger partial charge in [-0.25, -0.2) is 0 Å². The maximum Gasteiger partial charge on any atom is 0.0479 e. The van der Waals surface area contributed by atoms with Gasteiger partial charge >= 0.3 is 0 Å². The normalized spacial score (nSPS) is 28.0. The number of benzene rings is 1. The van der Waals surface area contributed by atoms with Gasteiger partial charge in [0.2, 0.25) is 0 Å². The van der Waals surface area contributed by atoms with E-state index in [1.165, 1.54) is 31.5 Å². The second-order valence-electron chi connectivity index (χ2n) is 6.38. The standard InChI is InChI=1S/C19H26N2/c1-3-9-17(4-2)21-14-18-12-8-13-20(18)15-19(21)16-10-6-5-7-11-16/h1,5-7,10-11,17-19H,4,8-9,12-15H2,2H3. The Balaban J connectivity index is 1.87. The average molecular weight is 282 g/mol. The number of hydrogen-bond donors (Lipinski definition) is 0. The molecule has 1 aromatic rings. The van der Waals surface area contributed by atoms with E-state index in [1.54, 1.807) is 0 Å². The number of hydrogen-bond acceptors (Lipinski definition) is 2. The maximum absolute atomic E-state index is 5.62. The van der Waals surface area contributed by atoms with Gasteiger partial charge in [-0.3, -0.25) is 9.80 Å². The molecule has 0 N–H and O–H groups in total. The zero-order valence-electron chi connectivity index (χ0n) is 13.0. The summed E-state index contributed by atoms with van der Waals surface area (Å²) in [5.41, 5.74) is 1.44. The summed E-state index contributed by atoms with van der Waals surface area (Å²) in [5, 5.41) is 0. The third-order valence-corrected chi connectivity index (χ3v) is 5.21. The molecule has 3 rings (SSSR count). The van der Waals surface area contributed by atoms with Crippen LogP contribution in [0.3, 0.4) is 0 Å². The van der Waals surface area contributed by atoms with E-state index in [0.717, 1.165) is 25.4 Å². The second-order valence-corrected chi connectivity index (χ2v) is 6.38. The number of nitrogens with zero attached hydrogens (tertiary/aromatic N) is 2. The molecule has 2 heterocycles. The highest BCUT2D eigenvalue weighted by molar-refractivity contribution is 5.21. The van der Waals surface area contributed by atoms with Crippen molar-refractivity contribution in [3.63, 3.8) is 0 Å². The summed E-state index contributed by atoms with van der Waals surface area (Å²) in [6, 6.07) is 12.7. The highest BCUT2D eigenvalue weighted by Gasteiger charge is 2.38. The summed E-state index contributed by atoms with van der Waals surface area (Å²) in [6.07, 6.45) is 10.3. The molecular formula is C19H26N2. The monoisotopic (exact) mass is 282 g/mol. The molecule has 0 spiro atoms. The summed E-state index contributed by atoms with van der Waals surface area (Å²) in [4.78, 5) is 5.39. The SMILES string of the molecule is C#CCC(CC)N1CC2CCCN2CC1c1ccccc1. The van der Waals surface area contributed by atoms with Crippen LogP contribution in [0.1, 0.15) is 44.2 Å². The van der Waals surface area contributed by atoms with Crippen LogP contribution >= 0.6 is 0 Å². The van der Waals surface area contributed by atoms with Crippen LogP contribution in [0.2, 0.25) is 0 Å². The molecule has 2 aliphatic heterocycles. The summed E-state index contributed by atoms with van der Waals surface area (Å²) in [7, 11) is 0. The Hall–Kier alpha value is -1.30. The quantitative estimate of drug-likeness (QED) is 0.782. The van der Waals surface area contributed by atoms with E-state index < -0.39 is 0 Å². The zero-order valence-corrected chi connectivity index (χ0v) is 13.0. The van der Waals surface area contributed by atoms with Crippen molar-refractivity contribution < 1.29 is 0 Å². The first-order chi connectivity index (χ1) is 10.3. The first kappa shape index (κ1) is 14.6. The fourth-order valence-corrected chi connectivity index (χ4v) is 4.05. The van der Waals surface area contributed by atoms with Crippen molar-refractivity contribution in [2.24, 2.45) is 0 Å². The summed E-state index contributed by atoms with van der Waals surface area (Å²) in [6.45, 7) is 5.88. The number of rotatable bonds is 4. The van der Waals surface area contributed by atoms with E-state index in [9.17, 15) is 0 Å². The van der Waals surface area contributed by atoms with Crippen LogP contribution in [0.15, 0.2) is 30.3 Å². The minimum Gasteiger partial charge on any atom is -0.297 e. The van der Waals surface area contributed by atoms with Crippen molar-refractivity contribution in [1.82, 2.24) is 9.80 Å². The molecule has 2 aliphatic rings. The maximum atomic E-state index is 5.62. The molecule has 112 valence electrons. The van der Waals surface area contributed by atoms with E-state index in [1.807, 2.05) is 0 Å². The lowest BCUT2D eigenvalue weighted by atomic mass is 9.96. The fourth-order valence-electron chi connectivity index (χ4n) is 4.05. The van der Waals surface area contributed by atoms with Gasteiger partial charge in [0, 0.05) is 37.6 Å². The minimum atomic E-state index is 0.499. The van der Waals surface area contributed by atoms with E-state index >= 15 is 0 Å². The molecule has 0 aromatic heterocycles. The summed E-state index contributed by atoms with van der Waals surface area (Å²) in [5.74, 6) is 2.89. The molecule has 0 saturated carbocycles. The first-order valence-corrected chi connectivity index (χ1v) is 8.31. The van der Waals surface area contributed by atoms with Crippen LogP contribution in [0, 0.1) is 12.3 Å². The molecule has 1 aromatic carbocycles. The first-order valence-electron chi connectivity index (χ1n) is 8.31. The molecule has 2 nitrogen and oxygen atoms in total. The van der Waals surface area contributed by atoms with Gasteiger partial charge in [0.15, 0.2) is 0 Å². The van der Waals surface area contributed by atoms with E-state index in [2.05, 4.69) is 53.0 Å². The largest absolute Gasteiger partial charge is 0.297 e. The van der Waals surface area contributed by atoms with Crippen LogP contribution in [0.25, 0.3) is 0 Å². The van der Waals surface area contributed by atoms with Gasteiger partial charge in [-0.1, -0.05) is 37.3 Å². The molecule has 2 fully saturated rings. The summed E-state index contributed by atoms with van der Waals surface area (Å²) >= 11 is 0.